The normalized spacial score (nSPS) is 11.1. The number of rotatable bonds is 5. The summed E-state index contributed by atoms with van der Waals surface area (Å²) < 4.78 is 0. The number of hydrazone groups is 1. The van der Waals surface area contributed by atoms with Gasteiger partial charge < -0.3 is 10.2 Å². The van der Waals surface area contributed by atoms with Gasteiger partial charge in [0.25, 0.3) is 5.91 Å². The Morgan fingerprint density at radius 2 is 1.33 bits per heavy atom. The Balaban J connectivity index is 1.62. The van der Waals surface area contributed by atoms with E-state index in [2.05, 4.69) is 15.5 Å². The molecule has 3 aromatic carbocycles. The van der Waals surface area contributed by atoms with Crippen LogP contribution in [0.3, 0.4) is 0 Å². The van der Waals surface area contributed by atoms with Crippen LogP contribution < -0.4 is 5.43 Å². The number of phenolic OH excluding ortho intramolecular Hbond substituents is 2. The molecule has 0 radical (unpaired) electrons. The number of hydrogen-bond donors (Lipinski definition) is 3. The van der Waals surface area contributed by atoms with E-state index in [-0.39, 0.29) is 17.4 Å². The van der Waals surface area contributed by atoms with Crippen molar-refractivity contribution < 1.29 is 15.0 Å². The van der Waals surface area contributed by atoms with Gasteiger partial charge in [-0.1, -0.05) is 24.3 Å². The molecule has 6 nitrogen and oxygen atoms in total. The minimum Gasteiger partial charge on any atom is -0.507 e. The Morgan fingerprint density at radius 1 is 0.778 bits per heavy atom. The zero-order valence-corrected chi connectivity index (χ0v) is 14.3. The first kappa shape index (κ1) is 17.9. The smallest absolute Gasteiger partial charge is 0.271 e. The number of amides is 1. The first-order valence-corrected chi connectivity index (χ1v) is 8.17. The van der Waals surface area contributed by atoms with Crippen LogP contribution in [0.1, 0.15) is 21.5 Å². The number of para-hydroxylation sites is 2. The highest BCUT2D eigenvalue weighted by molar-refractivity contribution is 5.95. The highest BCUT2D eigenvalue weighted by Crippen LogP contribution is 2.17. The molecule has 0 heterocycles. The van der Waals surface area contributed by atoms with E-state index in [1.807, 2.05) is 6.07 Å². The van der Waals surface area contributed by atoms with E-state index >= 15 is 0 Å². The van der Waals surface area contributed by atoms with Gasteiger partial charge >= 0.3 is 0 Å². The van der Waals surface area contributed by atoms with Crippen molar-refractivity contribution in [3.8, 4) is 11.5 Å². The topological polar surface area (TPSA) is 94.3 Å². The van der Waals surface area contributed by atoms with Gasteiger partial charge in [-0.2, -0.15) is 5.10 Å². The monoisotopic (exact) mass is 359 g/mol. The third kappa shape index (κ3) is 4.79. The quantitative estimate of drug-likeness (QED) is 0.480. The molecular formula is C21H17N3O3. The predicted octanol–water partition coefficient (Wildman–Crippen LogP) is 3.61. The summed E-state index contributed by atoms with van der Waals surface area (Å²) in [5.74, 6) is -0.139. The third-order valence-electron chi connectivity index (χ3n) is 3.73. The Hall–Kier alpha value is -3.93. The molecule has 0 aromatic heterocycles. The SMILES string of the molecule is O=C(N/N=C/c1ccccc1O)c1ccc(N=Cc2ccccc2O)cc1. The van der Waals surface area contributed by atoms with Crippen molar-refractivity contribution in [2.24, 2.45) is 10.1 Å². The van der Waals surface area contributed by atoms with Crippen molar-refractivity contribution in [1.29, 1.82) is 0 Å². The van der Waals surface area contributed by atoms with Crippen molar-refractivity contribution in [2.45, 2.75) is 0 Å². The van der Waals surface area contributed by atoms with Crippen molar-refractivity contribution >= 4 is 24.0 Å². The Bertz CT molecular complexity index is 996. The maximum absolute atomic E-state index is 12.1. The zero-order valence-electron chi connectivity index (χ0n) is 14.3. The van der Waals surface area contributed by atoms with Gasteiger partial charge in [0, 0.05) is 22.9 Å². The molecule has 0 saturated carbocycles. The second-order valence-corrected chi connectivity index (χ2v) is 5.62. The first-order chi connectivity index (χ1) is 13.1. The van der Waals surface area contributed by atoms with Crippen molar-refractivity contribution in [1.82, 2.24) is 5.43 Å². The number of benzene rings is 3. The third-order valence-corrected chi connectivity index (χ3v) is 3.73. The molecule has 0 unspecified atom stereocenters. The molecule has 3 N–H and O–H groups in total. The lowest BCUT2D eigenvalue weighted by Gasteiger charge is -2.01. The number of aromatic hydroxyl groups is 2. The van der Waals surface area contributed by atoms with Gasteiger partial charge in [0.15, 0.2) is 0 Å². The molecule has 0 fully saturated rings. The summed E-state index contributed by atoms with van der Waals surface area (Å²) in [7, 11) is 0. The molecule has 27 heavy (non-hydrogen) atoms. The van der Waals surface area contributed by atoms with Gasteiger partial charge in [-0.3, -0.25) is 9.79 Å². The second kappa shape index (κ2) is 8.44. The maximum atomic E-state index is 12.1. The summed E-state index contributed by atoms with van der Waals surface area (Å²) in [5.41, 5.74) is 4.59. The average molecular weight is 359 g/mol. The van der Waals surface area contributed by atoms with Crippen LogP contribution in [0.4, 0.5) is 5.69 Å². The summed E-state index contributed by atoms with van der Waals surface area (Å²) in [5, 5.41) is 23.2. The number of nitrogens with zero attached hydrogens (tertiary/aromatic N) is 2. The average Bonchev–Trinajstić information content (AvgIpc) is 2.69. The fraction of sp³-hybridized carbons (Fsp3) is 0. The molecule has 0 bridgehead atoms. The minimum atomic E-state index is -0.377. The largest absolute Gasteiger partial charge is 0.507 e. The lowest BCUT2D eigenvalue weighted by Crippen LogP contribution is -2.17. The number of phenols is 2. The van der Waals surface area contributed by atoms with Crippen LogP contribution in [0.25, 0.3) is 0 Å². The Labute approximate surface area is 156 Å². The number of aliphatic imine (C=N–C) groups is 1. The minimum absolute atomic E-state index is 0.0853. The Kier molecular flexibility index (Phi) is 5.59. The molecule has 0 aliphatic carbocycles. The summed E-state index contributed by atoms with van der Waals surface area (Å²) in [4.78, 5) is 16.4. The first-order valence-electron chi connectivity index (χ1n) is 8.17. The number of carbonyl (C=O) groups excluding carboxylic acids is 1. The van der Waals surface area contributed by atoms with Crippen molar-refractivity contribution in [3.05, 3.63) is 89.5 Å². The van der Waals surface area contributed by atoms with Crippen LogP contribution >= 0.6 is 0 Å². The Morgan fingerprint density at radius 3 is 1.93 bits per heavy atom. The molecule has 6 heteroatoms. The maximum Gasteiger partial charge on any atom is 0.271 e. The highest BCUT2D eigenvalue weighted by Gasteiger charge is 2.04. The van der Waals surface area contributed by atoms with Crippen molar-refractivity contribution in [2.75, 3.05) is 0 Å². The molecule has 3 rings (SSSR count). The molecule has 0 atom stereocenters. The number of nitrogens with one attached hydrogen (secondary N) is 1. The summed E-state index contributed by atoms with van der Waals surface area (Å²) in [6.45, 7) is 0. The van der Waals surface area contributed by atoms with Crippen molar-refractivity contribution in [3.63, 3.8) is 0 Å². The van der Waals surface area contributed by atoms with E-state index in [0.29, 0.717) is 22.4 Å². The molecule has 134 valence electrons. The lowest BCUT2D eigenvalue weighted by atomic mass is 10.2. The fourth-order valence-corrected chi connectivity index (χ4v) is 2.26. The fourth-order valence-electron chi connectivity index (χ4n) is 2.26. The van der Waals surface area contributed by atoms with E-state index in [1.54, 1.807) is 66.9 Å². The van der Waals surface area contributed by atoms with Gasteiger partial charge in [0.1, 0.15) is 11.5 Å². The van der Waals surface area contributed by atoms with Crippen LogP contribution in [-0.4, -0.2) is 28.5 Å². The second-order valence-electron chi connectivity index (χ2n) is 5.62. The summed E-state index contributed by atoms with van der Waals surface area (Å²) in [6.07, 6.45) is 2.93. The summed E-state index contributed by atoms with van der Waals surface area (Å²) >= 11 is 0. The highest BCUT2D eigenvalue weighted by atomic mass is 16.3. The van der Waals surface area contributed by atoms with Crippen LogP contribution in [0.5, 0.6) is 11.5 Å². The molecule has 0 aliphatic rings. The molecule has 0 aliphatic heterocycles. The van der Waals surface area contributed by atoms with Gasteiger partial charge in [0.2, 0.25) is 0 Å². The van der Waals surface area contributed by atoms with E-state index in [1.165, 1.54) is 12.3 Å². The van der Waals surface area contributed by atoms with Gasteiger partial charge in [-0.05, 0) is 48.5 Å². The van der Waals surface area contributed by atoms with Gasteiger partial charge in [-0.15, -0.1) is 0 Å². The van der Waals surface area contributed by atoms with Crippen LogP contribution in [0.2, 0.25) is 0 Å². The lowest BCUT2D eigenvalue weighted by molar-refractivity contribution is 0.0955. The molecule has 1 amide bonds. The van der Waals surface area contributed by atoms with Gasteiger partial charge in [-0.25, -0.2) is 5.43 Å². The molecule has 0 spiro atoms. The van der Waals surface area contributed by atoms with E-state index in [4.69, 9.17) is 0 Å². The van der Waals surface area contributed by atoms with E-state index in [9.17, 15) is 15.0 Å². The van der Waals surface area contributed by atoms with E-state index < -0.39 is 0 Å². The molecule has 3 aromatic rings. The predicted molar refractivity (Wildman–Crippen MR) is 105 cm³/mol. The van der Waals surface area contributed by atoms with Crippen LogP contribution in [0.15, 0.2) is 82.9 Å². The van der Waals surface area contributed by atoms with Crippen LogP contribution in [-0.2, 0) is 0 Å². The molecular weight excluding hydrogens is 342 g/mol. The standard InChI is InChI=1S/C21H17N3O3/c25-19-7-3-1-5-16(19)13-22-18-11-9-15(10-12-18)21(27)24-23-14-17-6-2-4-8-20(17)26/h1-14,25-26H,(H,24,27)/b22-13?,23-14+. The number of carbonyl (C=O) groups is 1. The van der Waals surface area contributed by atoms with Crippen LogP contribution in [0, 0.1) is 0 Å². The number of hydrogen-bond acceptors (Lipinski definition) is 5. The molecule has 0 saturated heterocycles. The zero-order chi connectivity index (χ0) is 19.1. The van der Waals surface area contributed by atoms with E-state index in [0.717, 1.165) is 0 Å². The van der Waals surface area contributed by atoms with Gasteiger partial charge in [0.05, 0.1) is 11.9 Å². The summed E-state index contributed by atoms with van der Waals surface area (Å²) in [6, 6.07) is 20.2.